The fourth-order valence-electron chi connectivity index (χ4n) is 2.05. The summed E-state index contributed by atoms with van der Waals surface area (Å²) < 4.78 is 4.59. The van der Waals surface area contributed by atoms with Gasteiger partial charge < -0.3 is 9.84 Å². The zero-order valence-electron chi connectivity index (χ0n) is 9.43. The average Bonchev–Trinajstić information content (AvgIpc) is 3.08. The highest BCUT2D eigenvalue weighted by atomic mass is 16.5. The highest BCUT2D eigenvalue weighted by Gasteiger charge is 2.53. The molecule has 0 bridgehead atoms. The number of aliphatic hydroxyl groups is 1. The number of aliphatic hydroxyl groups excluding tert-OH is 1. The van der Waals surface area contributed by atoms with Gasteiger partial charge in [0.1, 0.15) is 0 Å². The largest absolute Gasteiger partial charge is 0.467 e. The van der Waals surface area contributed by atoms with Crippen LogP contribution >= 0.6 is 0 Å². The number of carbonyl (C=O) groups excluding carboxylic acids is 1. The van der Waals surface area contributed by atoms with Crippen molar-refractivity contribution in [3.63, 3.8) is 0 Å². The summed E-state index contributed by atoms with van der Waals surface area (Å²) in [7, 11) is 1.29. The number of aromatic nitrogens is 1. The van der Waals surface area contributed by atoms with E-state index in [2.05, 4.69) is 9.72 Å². The number of pyridine rings is 1. The van der Waals surface area contributed by atoms with Crippen LogP contribution in [0.25, 0.3) is 0 Å². The van der Waals surface area contributed by atoms with Gasteiger partial charge in [-0.25, -0.2) is 4.79 Å². The van der Waals surface area contributed by atoms with Gasteiger partial charge in [0, 0.05) is 17.3 Å². The van der Waals surface area contributed by atoms with Crippen LogP contribution in [0.15, 0.2) is 18.3 Å². The predicted molar refractivity (Wildman–Crippen MR) is 57.9 cm³/mol. The number of hydrogen-bond acceptors (Lipinski definition) is 4. The van der Waals surface area contributed by atoms with E-state index in [0.29, 0.717) is 0 Å². The Labute approximate surface area is 94.3 Å². The van der Waals surface area contributed by atoms with Crippen LogP contribution < -0.4 is 0 Å². The smallest absolute Gasteiger partial charge is 0.335 e. The molecule has 86 valence electrons. The Morgan fingerprint density at radius 3 is 2.81 bits per heavy atom. The molecule has 0 saturated heterocycles. The number of nitrogens with zero attached hydrogens (tertiary/aromatic N) is 1. The highest BCUT2D eigenvalue weighted by molar-refractivity contribution is 5.77. The first-order chi connectivity index (χ1) is 7.60. The van der Waals surface area contributed by atoms with Gasteiger partial charge in [0.15, 0.2) is 6.10 Å². The normalized spacial score (nSPS) is 18.9. The quantitative estimate of drug-likeness (QED) is 0.772. The number of methoxy groups -OCH3 is 1. The van der Waals surface area contributed by atoms with Crippen molar-refractivity contribution in [2.24, 2.45) is 0 Å². The molecule has 1 heterocycles. The number of ether oxygens (including phenoxy) is 1. The first-order valence-electron chi connectivity index (χ1n) is 5.29. The lowest BCUT2D eigenvalue weighted by atomic mass is 9.90. The molecule has 1 aromatic rings. The molecule has 1 aliphatic carbocycles. The number of rotatable bonds is 3. The Morgan fingerprint density at radius 2 is 2.31 bits per heavy atom. The van der Waals surface area contributed by atoms with Gasteiger partial charge in [0.25, 0.3) is 0 Å². The molecule has 16 heavy (non-hydrogen) atoms. The molecule has 0 radical (unpaired) electrons. The van der Waals surface area contributed by atoms with E-state index in [1.54, 1.807) is 6.20 Å². The molecule has 4 nitrogen and oxygen atoms in total. The molecule has 0 aromatic carbocycles. The highest BCUT2D eigenvalue weighted by Crippen LogP contribution is 2.51. The van der Waals surface area contributed by atoms with Crippen LogP contribution in [-0.4, -0.2) is 29.3 Å². The minimum absolute atomic E-state index is 0.444. The van der Waals surface area contributed by atoms with E-state index >= 15 is 0 Å². The standard InChI is InChI=1S/C12H15NO3/c1-8-7-9(3-6-13-8)12(4-5-12)10(14)11(15)16-2/h3,6-7,10,14H,4-5H2,1-2H3. The van der Waals surface area contributed by atoms with Gasteiger partial charge in [-0.15, -0.1) is 0 Å². The van der Waals surface area contributed by atoms with Crippen LogP contribution in [0.5, 0.6) is 0 Å². The number of esters is 1. The maximum absolute atomic E-state index is 11.4. The van der Waals surface area contributed by atoms with Crippen LogP contribution in [0.3, 0.4) is 0 Å². The van der Waals surface area contributed by atoms with Crippen molar-refractivity contribution in [2.75, 3.05) is 7.11 Å². The van der Waals surface area contributed by atoms with Gasteiger partial charge in [-0.3, -0.25) is 4.98 Å². The second-order valence-corrected chi connectivity index (χ2v) is 4.27. The van der Waals surface area contributed by atoms with Gasteiger partial charge >= 0.3 is 5.97 Å². The third kappa shape index (κ3) is 1.69. The maximum Gasteiger partial charge on any atom is 0.335 e. The number of carbonyl (C=O) groups is 1. The number of aryl methyl sites for hydroxylation is 1. The fraction of sp³-hybridized carbons (Fsp3) is 0.500. The lowest BCUT2D eigenvalue weighted by Crippen LogP contribution is -2.35. The molecule has 2 rings (SSSR count). The molecule has 1 aliphatic rings. The van der Waals surface area contributed by atoms with Gasteiger partial charge in [-0.05, 0) is 37.5 Å². The zero-order valence-corrected chi connectivity index (χ0v) is 9.43. The van der Waals surface area contributed by atoms with E-state index in [-0.39, 0.29) is 0 Å². The second kappa shape index (κ2) is 3.87. The van der Waals surface area contributed by atoms with Crippen molar-refractivity contribution in [1.29, 1.82) is 0 Å². The lowest BCUT2D eigenvalue weighted by Gasteiger charge is -2.20. The van der Waals surface area contributed by atoms with E-state index in [1.807, 2.05) is 19.1 Å². The monoisotopic (exact) mass is 221 g/mol. The van der Waals surface area contributed by atoms with Crippen LogP contribution in [-0.2, 0) is 14.9 Å². The first-order valence-corrected chi connectivity index (χ1v) is 5.29. The van der Waals surface area contributed by atoms with Crippen LogP contribution in [0.2, 0.25) is 0 Å². The summed E-state index contributed by atoms with van der Waals surface area (Å²) in [4.78, 5) is 15.5. The molecule has 1 fully saturated rings. The molecule has 1 saturated carbocycles. The second-order valence-electron chi connectivity index (χ2n) is 4.27. The van der Waals surface area contributed by atoms with E-state index < -0.39 is 17.5 Å². The fourth-order valence-corrected chi connectivity index (χ4v) is 2.05. The van der Waals surface area contributed by atoms with E-state index in [0.717, 1.165) is 24.1 Å². The average molecular weight is 221 g/mol. The van der Waals surface area contributed by atoms with Crippen molar-refractivity contribution in [1.82, 2.24) is 4.98 Å². The summed E-state index contributed by atoms with van der Waals surface area (Å²) in [5.41, 5.74) is 1.42. The molecular weight excluding hydrogens is 206 g/mol. The van der Waals surface area contributed by atoms with Gasteiger partial charge in [0.2, 0.25) is 0 Å². The molecular formula is C12H15NO3. The van der Waals surface area contributed by atoms with Gasteiger partial charge in [-0.2, -0.15) is 0 Å². The predicted octanol–water partition coefficient (Wildman–Crippen LogP) is 0.956. The summed E-state index contributed by atoms with van der Waals surface area (Å²) in [6, 6.07) is 3.77. The van der Waals surface area contributed by atoms with E-state index in [4.69, 9.17) is 0 Å². The Hall–Kier alpha value is -1.42. The van der Waals surface area contributed by atoms with Crippen molar-refractivity contribution < 1.29 is 14.6 Å². The Bertz CT molecular complexity index is 412. The maximum atomic E-state index is 11.4. The van der Waals surface area contributed by atoms with Crippen molar-refractivity contribution in [2.45, 2.75) is 31.3 Å². The molecule has 1 aromatic heterocycles. The molecule has 0 aliphatic heterocycles. The zero-order chi connectivity index (χ0) is 11.8. The molecule has 0 spiro atoms. The van der Waals surface area contributed by atoms with Crippen LogP contribution in [0, 0.1) is 6.92 Å². The molecule has 1 atom stereocenters. The summed E-state index contributed by atoms with van der Waals surface area (Å²) in [6.07, 6.45) is 2.26. The topological polar surface area (TPSA) is 59.4 Å². The first kappa shape index (κ1) is 11.1. The Morgan fingerprint density at radius 1 is 1.62 bits per heavy atom. The van der Waals surface area contributed by atoms with Gasteiger partial charge in [0.05, 0.1) is 7.11 Å². The summed E-state index contributed by atoms with van der Waals surface area (Å²) in [5.74, 6) is -0.563. The molecule has 1 N–H and O–H groups in total. The SMILES string of the molecule is COC(=O)C(O)C1(c2ccnc(C)c2)CC1. The number of hydrogen-bond donors (Lipinski definition) is 1. The summed E-state index contributed by atoms with van der Waals surface area (Å²) in [5, 5.41) is 9.96. The third-order valence-electron chi connectivity index (χ3n) is 3.21. The summed E-state index contributed by atoms with van der Waals surface area (Å²) >= 11 is 0. The lowest BCUT2D eigenvalue weighted by molar-refractivity contribution is -0.152. The third-order valence-corrected chi connectivity index (χ3v) is 3.21. The molecule has 1 unspecified atom stereocenters. The van der Waals surface area contributed by atoms with Gasteiger partial charge in [-0.1, -0.05) is 0 Å². The van der Waals surface area contributed by atoms with Crippen LogP contribution in [0.4, 0.5) is 0 Å². The minimum atomic E-state index is -1.07. The molecule has 4 heteroatoms. The van der Waals surface area contributed by atoms with Crippen molar-refractivity contribution in [3.05, 3.63) is 29.6 Å². The molecule has 0 amide bonds. The Balaban J connectivity index is 2.29. The van der Waals surface area contributed by atoms with Crippen LogP contribution in [0.1, 0.15) is 24.1 Å². The Kier molecular flexibility index (Phi) is 2.68. The summed E-state index contributed by atoms with van der Waals surface area (Å²) in [6.45, 7) is 1.89. The van der Waals surface area contributed by atoms with E-state index in [9.17, 15) is 9.90 Å². The van der Waals surface area contributed by atoms with Crippen molar-refractivity contribution >= 4 is 5.97 Å². The minimum Gasteiger partial charge on any atom is -0.467 e. The van der Waals surface area contributed by atoms with Crippen molar-refractivity contribution in [3.8, 4) is 0 Å². The van der Waals surface area contributed by atoms with E-state index in [1.165, 1.54) is 7.11 Å².